The molecule has 68 valence electrons. The van der Waals surface area contributed by atoms with Crippen molar-refractivity contribution < 1.29 is 0 Å². The van der Waals surface area contributed by atoms with E-state index in [0.29, 0.717) is 0 Å². The first-order valence-corrected chi connectivity index (χ1v) is 4.75. The summed E-state index contributed by atoms with van der Waals surface area (Å²) in [5.74, 6) is 0. The Morgan fingerprint density at radius 1 is 1.31 bits per heavy atom. The van der Waals surface area contributed by atoms with Crippen LogP contribution in [0.5, 0.6) is 0 Å². The molecule has 1 aromatic rings. The molecule has 2 rings (SSSR count). The summed E-state index contributed by atoms with van der Waals surface area (Å²) in [4.78, 5) is 4.50. The van der Waals surface area contributed by atoms with Crippen LogP contribution in [0.4, 0.5) is 5.69 Å². The van der Waals surface area contributed by atoms with Crippen LogP contribution < -0.4 is 0 Å². The fraction of sp³-hybridized carbons (Fsp3) is 0.364. The second-order valence-electron chi connectivity index (χ2n) is 3.98. The monoisotopic (exact) mass is 193 g/mol. The summed E-state index contributed by atoms with van der Waals surface area (Å²) in [5.41, 5.74) is 3.52. The first-order valence-electron chi connectivity index (χ1n) is 4.37. The van der Waals surface area contributed by atoms with Gasteiger partial charge in [-0.3, -0.25) is 4.99 Å². The number of benzene rings is 1. The quantitative estimate of drug-likeness (QED) is 0.596. The third kappa shape index (κ3) is 1.19. The van der Waals surface area contributed by atoms with Crippen LogP contribution in [0.25, 0.3) is 0 Å². The molecule has 0 saturated heterocycles. The molecule has 1 nitrogen and oxygen atoms in total. The maximum atomic E-state index is 5.89. The van der Waals surface area contributed by atoms with Gasteiger partial charge in [0.2, 0.25) is 0 Å². The van der Waals surface area contributed by atoms with Crippen LogP contribution in [0.3, 0.4) is 0 Å². The number of hydrogen-bond acceptors (Lipinski definition) is 1. The van der Waals surface area contributed by atoms with E-state index >= 15 is 0 Å². The Labute approximate surface area is 83.4 Å². The highest BCUT2D eigenvalue weighted by atomic mass is 35.5. The zero-order chi connectivity index (χ0) is 9.64. The van der Waals surface area contributed by atoms with Crippen molar-refractivity contribution >= 4 is 23.0 Å². The van der Waals surface area contributed by atoms with Gasteiger partial charge in [-0.1, -0.05) is 31.5 Å². The summed E-state index contributed by atoms with van der Waals surface area (Å²) in [6, 6.07) is 5.92. The number of aliphatic imine (C=N–C) groups is 1. The molecule has 0 spiro atoms. The number of halogens is 1. The van der Waals surface area contributed by atoms with E-state index in [2.05, 4.69) is 31.8 Å². The Hall–Kier alpha value is -0.820. The zero-order valence-electron chi connectivity index (χ0n) is 8.06. The minimum absolute atomic E-state index is 0.0694. The lowest BCUT2D eigenvalue weighted by molar-refractivity contribution is 0.733. The summed E-state index contributed by atoms with van der Waals surface area (Å²) in [5, 5.41) is 0.757. The number of fused-ring (bicyclic) bond motifs is 1. The summed E-state index contributed by atoms with van der Waals surface area (Å²) in [6.45, 7) is 6.44. The van der Waals surface area contributed by atoms with Crippen LogP contribution >= 0.6 is 11.6 Å². The van der Waals surface area contributed by atoms with Crippen LogP contribution in [-0.2, 0) is 5.41 Å². The molecule has 0 amide bonds. The fourth-order valence-electron chi connectivity index (χ4n) is 1.64. The minimum atomic E-state index is 0.0694. The maximum Gasteiger partial charge on any atom is 0.0685 e. The Balaban J connectivity index is 2.65. The zero-order valence-corrected chi connectivity index (χ0v) is 8.81. The van der Waals surface area contributed by atoms with Gasteiger partial charge in [0.15, 0.2) is 0 Å². The maximum absolute atomic E-state index is 5.89. The number of hydrogen-bond donors (Lipinski definition) is 0. The van der Waals surface area contributed by atoms with Crippen molar-refractivity contribution in [3.63, 3.8) is 0 Å². The second kappa shape index (κ2) is 2.58. The van der Waals surface area contributed by atoms with E-state index in [1.165, 1.54) is 5.56 Å². The molecule has 1 aromatic carbocycles. The third-order valence-electron chi connectivity index (χ3n) is 2.83. The molecule has 0 unspecified atom stereocenters. The lowest BCUT2D eigenvalue weighted by Crippen LogP contribution is -2.22. The Bertz CT molecular complexity index is 391. The van der Waals surface area contributed by atoms with E-state index < -0.39 is 0 Å². The van der Waals surface area contributed by atoms with Gasteiger partial charge in [-0.25, -0.2) is 0 Å². The van der Waals surface area contributed by atoms with Crippen molar-refractivity contribution in [2.75, 3.05) is 0 Å². The molecule has 0 N–H and O–H groups in total. The van der Waals surface area contributed by atoms with Crippen molar-refractivity contribution in [1.29, 1.82) is 0 Å². The summed E-state index contributed by atoms with van der Waals surface area (Å²) in [7, 11) is 0. The molecule has 1 heterocycles. The summed E-state index contributed by atoms with van der Waals surface area (Å²) < 4.78 is 0. The fourth-order valence-corrected chi connectivity index (χ4v) is 1.81. The Kier molecular flexibility index (Phi) is 1.74. The molecule has 13 heavy (non-hydrogen) atoms. The van der Waals surface area contributed by atoms with Gasteiger partial charge in [0.25, 0.3) is 0 Å². The first-order chi connectivity index (χ1) is 6.01. The molecule has 0 saturated carbocycles. The van der Waals surface area contributed by atoms with Crippen LogP contribution in [0, 0.1) is 0 Å². The molecule has 0 fully saturated rings. The molecule has 0 aliphatic carbocycles. The highest BCUT2D eigenvalue weighted by Crippen LogP contribution is 2.40. The summed E-state index contributed by atoms with van der Waals surface area (Å²) >= 11 is 5.89. The van der Waals surface area contributed by atoms with E-state index in [0.717, 1.165) is 16.4 Å². The van der Waals surface area contributed by atoms with Crippen molar-refractivity contribution in [3.05, 3.63) is 28.8 Å². The van der Waals surface area contributed by atoms with Crippen molar-refractivity contribution in [3.8, 4) is 0 Å². The second-order valence-corrected chi connectivity index (χ2v) is 4.42. The van der Waals surface area contributed by atoms with E-state index in [4.69, 9.17) is 11.6 Å². The minimum Gasteiger partial charge on any atom is -0.257 e. The highest BCUT2D eigenvalue weighted by molar-refractivity contribution is 6.31. The lowest BCUT2D eigenvalue weighted by atomic mass is 9.82. The van der Waals surface area contributed by atoms with E-state index in [1.807, 2.05) is 12.1 Å². The molecule has 0 atom stereocenters. The largest absolute Gasteiger partial charge is 0.257 e. The smallest absolute Gasteiger partial charge is 0.0685 e. The molecule has 0 radical (unpaired) electrons. The SMILES string of the molecule is CC1=Nc2cc(Cl)ccc2C1(C)C. The van der Waals surface area contributed by atoms with Crippen LogP contribution in [-0.4, -0.2) is 5.71 Å². The van der Waals surface area contributed by atoms with E-state index in [-0.39, 0.29) is 5.41 Å². The standard InChI is InChI=1S/C11H12ClN/c1-7-11(2,3)9-5-4-8(12)6-10(9)13-7/h4-6H,1-3H3. The van der Waals surface area contributed by atoms with Crippen molar-refractivity contribution in [2.24, 2.45) is 4.99 Å². The molecular formula is C11H12ClN. The van der Waals surface area contributed by atoms with Crippen molar-refractivity contribution in [2.45, 2.75) is 26.2 Å². The number of nitrogens with zero attached hydrogens (tertiary/aromatic N) is 1. The molecule has 0 bridgehead atoms. The normalized spacial score (nSPS) is 18.3. The van der Waals surface area contributed by atoms with Gasteiger partial charge in [0.05, 0.1) is 5.69 Å². The van der Waals surface area contributed by atoms with E-state index in [9.17, 15) is 0 Å². The molecular weight excluding hydrogens is 182 g/mol. The third-order valence-corrected chi connectivity index (χ3v) is 3.06. The van der Waals surface area contributed by atoms with Gasteiger partial charge in [-0.05, 0) is 24.6 Å². The van der Waals surface area contributed by atoms with Gasteiger partial charge < -0.3 is 0 Å². The molecule has 1 aliphatic rings. The molecule has 0 aromatic heterocycles. The van der Waals surface area contributed by atoms with Crippen LogP contribution in [0.2, 0.25) is 5.02 Å². The lowest BCUT2D eigenvalue weighted by Gasteiger charge is -2.19. The molecule has 2 heteroatoms. The Morgan fingerprint density at radius 3 is 2.69 bits per heavy atom. The van der Waals surface area contributed by atoms with Gasteiger partial charge in [0, 0.05) is 16.1 Å². The Morgan fingerprint density at radius 2 is 2.00 bits per heavy atom. The average Bonchev–Trinajstić information content (AvgIpc) is 2.23. The highest BCUT2D eigenvalue weighted by Gasteiger charge is 2.31. The predicted molar refractivity (Wildman–Crippen MR) is 57.2 cm³/mol. The first kappa shape index (κ1) is 8.76. The van der Waals surface area contributed by atoms with Gasteiger partial charge in [-0.15, -0.1) is 0 Å². The topological polar surface area (TPSA) is 12.4 Å². The van der Waals surface area contributed by atoms with Crippen molar-refractivity contribution in [1.82, 2.24) is 0 Å². The van der Waals surface area contributed by atoms with Crippen LogP contribution in [0.15, 0.2) is 23.2 Å². The molecule has 1 aliphatic heterocycles. The van der Waals surface area contributed by atoms with Gasteiger partial charge >= 0.3 is 0 Å². The number of rotatable bonds is 0. The van der Waals surface area contributed by atoms with Gasteiger partial charge in [0.1, 0.15) is 0 Å². The van der Waals surface area contributed by atoms with Crippen LogP contribution in [0.1, 0.15) is 26.3 Å². The predicted octanol–water partition coefficient (Wildman–Crippen LogP) is 3.72. The average molecular weight is 194 g/mol. The van der Waals surface area contributed by atoms with Gasteiger partial charge in [-0.2, -0.15) is 0 Å². The summed E-state index contributed by atoms with van der Waals surface area (Å²) in [6.07, 6.45) is 0. The van der Waals surface area contributed by atoms with E-state index in [1.54, 1.807) is 0 Å².